The summed E-state index contributed by atoms with van der Waals surface area (Å²) in [5, 5.41) is 0. The number of aromatic nitrogens is 2. The maximum Gasteiger partial charge on any atom is 0.170 e. The lowest BCUT2D eigenvalue weighted by Crippen LogP contribution is -2.33. The van der Waals surface area contributed by atoms with Crippen LogP contribution in [0.15, 0.2) is 24.4 Å². The van der Waals surface area contributed by atoms with Gasteiger partial charge in [0.05, 0.1) is 0 Å². The Balaban J connectivity index is 2.11. The average molecular weight is 247 g/mol. The van der Waals surface area contributed by atoms with E-state index in [0.717, 1.165) is 42.3 Å². The largest absolute Gasteiger partial charge is 0.353 e. The molecule has 2 aromatic heterocycles. The minimum Gasteiger partial charge on any atom is -0.353 e. The van der Waals surface area contributed by atoms with E-state index in [1.165, 1.54) is 0 Å². The van der Waals surface area contributed by atoms with Crippen LogP contribution >= 0.6 is 11.8 Å². The highest BCUT2D eigenvalue weighted by molar-refractivity contribution is 7.99. The summed E-state index contributed by atoms with van der Waals surface area (Å²) in [6.07, 6.45) is 2.78. The van der Waals surface area contributed by atoms with Crippen LogP contribution < -0.4 is 4.90 Å². The monoisotopic (exact) mass is 247 g/mol. The van der Waals surface area contributed by atoms with Crippen LogP contribution in [0.4, 0.5) is 5.82 Å². The van der Waals surface area contributed by atoms with E-state index in [-0.39, 0.29) is 0 Å². The molecule has 1 fully saturated rings. The molecular formula is C12H13N3OS. The summed E-state index contributed by atoms with van der Waals surface area (Å²) in [5.74, 6) is 3.03. The van der Waals surface area contributed by atoms with Gasteiger partial charge in [-0.25, -0.2) is 4.98 Å². The summed E-state index contributed by atoms with van der Waals surface area (Å²) in [4.78, 5) is 18.0. The number of hydrogen-bond acceptors (Lipinski definition) is 4. The van der Waals surface area contributed by atoms with Crippen LogP contribution in [-0.4, -0.2) is 40.3 Å². The molecule has 0 unspecified atom stereocenters. The van der Waals surface area contributed by atoms with Gasteiger partial charge in [0, 0.05) is 30.8 Å². The molecule has 0 bridgehead atoms. The molecule has 4 nitrogen and oxygen atoms in total. The van der Waals surface area contributed by atoms with Crippen molar-refractivity contribution in [3.63, 3.8) is 0 Å². The normalized spacial score (nSPS) is 16.4. The number of rotatable bonds is 2. The molecule has 0 aliphatic carbocycles. The van der Waals surface area contributed by atoms with Gasteiger partial charge in [0.25, 0.3) is 0 Å². The Morgan fingerprint density at radius 2 is 2.12 bits per heavy atom. The number of carbonyl (C=O) groups is 1. The molecule has 88 valence electrons. The molecule has 0 spiro atoms. The Morgan fingerprint density at radius 3 is 2.88 bits per heavy atom. The zero-order valence-corrected chi connectivity index (χ0v) is 10.2. The lowest BCUT2D eigenvalue weighted by molar-refractivity contribution is 0.111. The van der Waals surface area contributed by atoms with Crippen molar-refractivity contribution in [3.8, 4) is 0 Å². The van der Waals surface area contributed by atoms with Gasteiger partial charge in [0.2, 0.25) is 0 Å². The third kappa shape index (κ3) is 1.80. The van der Waals surface area contributed by atoms with Gasteiger partial charge in [-0.1, -0.05) is 6.07 Å². The number of thioether (sulfide) groups is 1. The third-order valence-electron chi connectivity index (χ3n) is 2.97. The van der Waals surface area contributed by atoms with Gasteiger partial charge in [-0.3, -0.25) is 9.20 Å². The number of aldehydes is 1. The van der Waals surface area contributed by atoms with Crippen LogP contribution in [0, 0.1) is 0 Å². The lowest BCUT2D eigenvalue weighted by atomic mass is 10.4. The Hall–Kier alpha value is -1.49. The van der Waals surface area contributed by atoms with Gasteiger partial charge < -0.3 is 4.90 Å². The second-order valence-corrected chi connectivity index (χ2v) is 5.19. The number of pyridine rings is 1. The number of hydrogen-bond donors (Lipinski definition) is 0. The highest BCUT2D eigenvalue weighted by atomic mass is 32.2. The molecule has 0 saturated carbocycles. The molecule has 3 heterocycles. The SMILES string of the molecule is O=Cc1c(N2CCSCC2)nc2ccccn12. The molecule has 0 aromatic carbocycles. The van der Waals surface area contributed by atoms with E-state index in [2.05, 4.69) is 9.88 Å². The van der Waals surface area contributed by atoms with Crippen molar-refractivity contribution in [2.45, 2.75) is 0 Å². The Labute approximate surface area is 104 Å². The number of carbonyl (C=O) groups excluding carboxylic acids is 1. The van der Waals surface area contributed by atoms with E-state index in [0.29, 0.717) is 5.69 Å². The van der Waals surface area contributed by atoms with Crippen LogP contribution in [0.5, 0.6) is 0 Å². The van der Waals surface area contributed by atoms with Crippen molar-refractivity contribution in [1.82, 2.24) is 9.38 Å². The molecule has 1 aliphatic heterocycles. The molecule has 1 aliphatic rings. The Kier molecular flexibility index (Phi) is 2.76. The van der Waals surface area contributed by atoms with Crippen LogP contribution in [0.2, 0.25) is 0 Å². The molecule has 0 atom stereocenters. The first-order valence-corrected chi connectivity index (χ1v) is 6.80. The van der Waals surface area contributed by atoms with Crippen molar-refractivity contribution in [1.29, 1.82) is 0 Å². The summed E-state index contributed by atoms with van der Waals surface area (Å²) < 4.78 is 1.85. The molecule has 0 amide bonds. The Bertz CT molecular complexity index is 546. The van der Waals surface area contributed by atoms with E-state index in [4.69, 9.17) is 0 Å². The predicted molar refractivity (Wildman–Crippen MR) is 70.1 cm³/mol. The van der Waals surface area contributed by atoms with Crippen LogP contribution in [0.1, 0.15) is 10.5 Å². The zero-order valence-electron chi connectivity index (χ0n) is 9.37. The molecule has 5 heteroatoms. The van der Waals surface area contributed by atoms with Crippen LogP contribution in [-0.2, 0) is 0 Å². The first kappa shape index (κ1) is 10.7. The molecule has 1 saturated heterocycles. The van der Waals surface area contributed by atoms with E-state index in [1.54, 1.807) is 0 Å². The predicted octanol–water partition coefficient (Wildman–Crippen LogP) is 1.70. The molecule has 17 heavy (non-hydrogen) atoms. The topological polar surface area (TPSA) is 37.6 Å². The van der Waals surface area contributed by atoms with Gasteiger partial charge in [-0.2, -0.15) is 11.8 Å². The van der Waals surface area contributed by atoms with E-state index in [1.807, 2.05) is 40.6 Å². The van der Waals surface area contributed by atoms with Crippen molar-refractivity contribution in [2.75, 3.05) is 29.5 Å². The fourth-order valence-electron chi connectivity index (χ4n) is 2.12. The second-order valence-electron chi connectivity index (χ2n) is 3.97. The van der Waals surface area contributed by atoms with Crippen molar-refractivity contribution in [2.24, 2.45) is 0 Å². The van der Waals surface area contributed by atoms with Gasteiger partial charge >= 0.3 is 0 Å². The average Bonchev–Trinajstić information content (AvgIpc) is 2.78. The van der Waals surface area contributed by atoms with Crippen molar-refractivity contribution >= 4 is 29.5 Å². The third-order valence-corrected chi connectivity index (χ3v) is 3.91. The summed E-state index contributed by atoms with van der Waals surface area (Å²) in [6, 6.07) is 5.78. The van der Waals surface area contributed by atoms with Crippen LogP contribution in [0.25, 0.3) is 5.65 Å². The van der Waals surface area contributed by atoms with Gasteiger partial charge in [0.1, 0.15) is 11.3 Å². The summed E-state index contributed by atoms with van der Waals surface area (Å²) >= 11 is 1.95. The first-order chi connectivity index (χ1) is 8.40. The van der Waals surface area contributed by atoms with Gasteiger partial charge in [-0.15, -0.1) is 0 Å². The summed E-state index contributed by atoms with van der Waals surface area (Å²) in [5.41, 5.74) is 1.50. The fraction of sp³-hybridized carbons (Fsp3) is 0.333. The van der Waals surface area contributed by atoms with Crippen LogP contribution in [0.3, 0.4) is 0 Å². The van der Waals surface area contributed by atoms with E-state index in [9.17, 15) is 4.79 Å². The zero-order chi connectivity index (χ0) is 11.7. The standard InChI is InChI=1S/C12H13N3OS/c16-9-10-12(14-5-7-17-8-6-14)13-11-3-1-2-4-15(10)11/h1-4,9H,5-8H2. The minimum absolute atomic E-state index is 0.660. The quantitative estimate of drug-likeness (QED) is 0.757. The fourth-order valence-corrected chi connectivity index (χ4v) is 3.02. The molecular weight excluding hydrogens is 234 g/mol. The van der Waals surface area contributed by atoms with E-state index < -0.39 is 0 Å². The summed E-state index contributed by atoms with van der Waals surface area (Å²) in [6.45, 7) is 1.94. The van der Waals surface area contributed by atoms with E-state index >= 15 is 0 Å². The summed E-state index contributed by atoms with van der Waals surface area (Å²) in [7, 11) is 0. The second kappa shape index (κ2) is 4.41. The maximum atomic E-state index is 11.3. The first-order valence-electron chi connectivity index (χ1n) is 5.65. The smallest absolute Gasteiger partial charge is 0.170 e. The molecule has 3 rings (SSSR count). The Morgan fingerprint density at radius 1 is 1.29 bits per heavy atom. The number of imidazole rings is 1. The maximum absolute atomic E-state index is 11.3. The lowest BCUT2D eigenvalue weighted by Gasteiger charge is -2.26. The van der Waals surface area contributed by atoms with Crippen molar-refractivity contribution < 1.29 is 4.79 Å². The highest BCUT2D eigenvalue weighted by Gasteiger charge is 2.19. The van der Waals surface area contributed by atoms with Gasteiger partial charge in [0.15, 0.2) is 12.1 Å². The number of fused-ring (bicyclic) bond motifs is 1. The molecule has 2 aromatic rings. The van der Waals surface area contributed by atoms with Crippen molar-refractivity contribution in [3.05, 3.63) is 30.1 Å². The number of nitrogens with zero attached hydrogens (tertiary/aromatic N) is 3. The number of anilines is 1. The molecule has 0 N–H and O–H groups in total. The highest BCUT2D eigenvalue weighted by Crippen LogP contribution is 2.23. The van der Waals surface area contributed by atoms with Gasteiger partial charge in [-0.05, 0) is 12.1 Å². The molecule has 0 radical (unpaired) electrons. The minimum atomic E-state index is 0.660.